The Bertz CT molecular complexity index is 454. The van der Waals surface area contributed by atoms with Gasteiger partial charge in [-0.2, -0.15) is 5.10 Å². The summed E-state index contributed by atoms with van der Waals surface area (Å²) in [5.41, 5.74) is 2.56. The Morgan fingerprint density at radius 2 is 2.31 bits per heavy atom. The number of hydrogen-bond acceptors (Lipinski definition) is 3. The van der Waals surface area contributed by atoms with E-state index in [4.69, 9.17) is 11.2 Å². The molecule has 0 fully saturated rings. The fourth-order valence-electron chi connectivity index (χ4n) is 2.13. The SMILES string of the molecule is C#CCn1nc2c(c1C(=O)OC)CCCC2. The van der Waals surface area contributed by atoms with Gasteiger partial charge in [0.25, 0.3) is 0 Å². The smallest absolute Gasteiger partial charge is 0.356 e. The van der Waals surface area contributed by atoms with Crippen LogP contribution in [0.2, 0.25) is 0 Å². The minimum absolute atomic E-state index is 0.317. The number of terminal acetylenes is 1. The van der Waals surface area contributed by atoms with Crippen molar-refractivity contribution in [2.45, 2.75) is 32.2 Å². The second kappa shape index (κ2) is 4.40. The first-order valence-corrected chi connectivity index (χ1v) is 5.38. The van der Waals surface area contributed by atoms with Gasteiger partial charge in [-0.25, -0.2) is 9.48 Å². The summed E-state index contributed by atoms with van der Waals surface area (Å²) >= 11 is 0. The first kappa shape index (κ1) is 10.7. The van der Waals surface area contributed by atoms with E-state index in [2.05, 4.69) is 11.0 Å². The predicted molar refractivity (Wildman–Crippen MR) is 59.0 cm³/mol. The molecular weight excluding hydrogens is 204 g/mol. The Labute approximate surface area is 94.6 Å². The molecule has 0 unspecified atom stereocenters. The normalized spacial score (nSPS) is 14.0. The minimum atomic E-state index is -0.342. The first-order chi connectivity index (χ1) is 7.77. The molecule has 0 radical (unpaired) electrons. The fraction of sp³-hybridized carbons (Fsp3) is 0.500. The summed E-state index contributed by atoms with van der Waals surface area (Å²) in [5, 5.41) is 4.38. The average Bonchev–Trinajstić information content (AvgIpc) is 2.66. The monoisotopic (exact) mass is 218 g/mol. The Morgan fingerprint density at radius 1 is 1.56 bits per heavy atom. The molecule has 1 aliphatic rings. The number of aryl methyl sites for hydroxylation is 1. The molecule has 0 aliphatic heterocycles. The zero-order chi connectivity index (χ0) is 11.5. The van der Waals surface area contributed by atoms with Gasteiger partial charge in [0.05, 0.1) is 12.8 Å². The lowest BCUT2D eigenvalue weighted by molar-refractivity contribution is 0.0586. The summed E-state index contributed by atoms with van der Waals surface area (Å²) in [6.07, 6.45) is 9.31. The van der Waals surface area contributed by atoms with Crippen molar-refractivity contribution in [2.24, 2.45) is 0 Å². The molecule has 0 spiro atoms. The third-order valence-corrected chi connectivity index (χ3v) is 2.84. The summed E-state index contributed by atoms with van der Waals surface area (Å²) < 4.78 is 6.36. The van der Waals surface area contributed by atoms with E-state index in [1.807, 2.05) is 0 Å². The van der Waals surface area contributed by atoms with E-state index in [1.54, 1.807) is 4.68 Å². The lowest BCUT2D eigenvalue weighted by Gasteiger charge is -2.10. The second-order valence-corrected chi connectivity index (χ2v) is 3.83. The van der Waals surface area contributed by atoms with E-state index in [1.165, 1.54) is 7.11 Å². The van der Waals surface area contributed by atoms with Crippen molar-refractivity contribution in [2.75, 3.05) is 7.11 Å². The van der Waals surface area contributed by atoms with Crippen molar-refractivity contribution < 1.29 is 9.53 Å². The van der Waals surface area contributed by atoms with Crippen LogP contribution < -0.4 is 0 Å². The second-order valence-electron chi connectivity index (χ2n) is 3.83. The molecule has 1 aromatic heterocycles. The number of hydrogen-bond donors (Lipinski definition) is 0. The Morgan fingerprint density at radius 3 is 3.00 bits per heavy atom. The van der Waals surface area contributed by atoms with Crippen LogP contribution in [0.4, 0.5) is 0 Å². The summed E-state index contributed by atoms with van der Waals surface area (Å²) in [7, 11) is 1.38. The zero-order valence-electron chi connectivity index (χ0n) is 9.32. The molecule has 0 bridgehead atoms. The van der Waals surface area contributed by atoms with E-state index in [0.29, 0.717) is 12.2 Å². The third kappa shape index (κ3) is 1.69. The summed E-state index contributed by atoms with van der Waals surface area (Å²) in [4.78, 5) is 11.7. The Hall–Kier alpha value is -1.76. The molecule has 0 aromatic carbocycles. The zero-order valence-corrected chi connectivity index (χ0v) is 9.32. The molecule has 2 rings (SSSR count). The molecule has 4 heteroatoms. The number of aromatic nitrogens is 2. The van der Waals surface area contributed by atoms with E-state index in [-0.39, 0.29) is 5.97 Å². The number of ether oxygens (including phenoxy) is 1. The number of fused-ring (bicyclic) bond motifs is 1. The van der Waals surface area contributed by atoms with Gasteiger partial charge in [0.1, 0.15) is 6.54 Å². The lowest BCUT2D eigenvalue weighted by atomic mass is 9.96. The molecule has 84 valence electrons. The number of methoxy groups -OCH3 is 1. The van der Waals surface area contributed by atoms with Crippen molar-refractivity contribution in [3.05, 3.63) is 17.0 Å². The molecule has 0 atom stereocenters. The molecule has 4 nitrogen and oxygen atoms in total. The van der Waals surface area contributed by atoms with E-state index in [9.17, 15) is 4.79 Å². The maximum atomic E-state index is 11.7. The third-order valence-electron chi connectivity index (χ3n) is 2.84. The van der Waals surface area contributed by atoms with Crippen molar-refractivity contribution in [3.63, 3.8) is 0 Å². The molecule has 0 N–H and O–H groups in total. The largest absolute Gasteiger partial charge is 0.464 e. The molecule has 16 heavy (non-hydrogen) atoms. The van der Waals surface area contributed by atoms with Crippen LogP contribution in [0.3, 0.4) is 0 Å². The van der Waals surface area contributed by atoms with Gasteiger partial charge in [0.2, 0.25) is 0 Å². The van der Waals surface area contributed by atoms with Crippen molar-refractivity contribution in [3.8, 4) is 12.3 Å². The van der Waals surface area contributed by atoms with Crippen LogP contribution in [0.15, 0.2) is 0 Å². The highest BCUT2D eigenvalue weighted by Crippen LogP contribution is 2.24. The first-order valence-electron chi connectivity index (χ1n) is 5.38. The highest BCUT2D eigenvalue weighted by atomic mass is 16.5. The summed E-state index contributed by atoms with van der Waals surface area (Å²) in [6, 6.07) is 0. The number of esters is 1. The predicted octanol–water partition coefficient (Wildman–Crippen LogP) is 1.18. The molecular formula is C12H14N2O2. The molecule has 0 saturated heterocycles. The van der Waals surface area contributed by atoms with Crippen LogP contribution in [-0.4, -0.2) is 22.9 Å². The van der Waals surface area contributed by atoms with Gasteiger partial charge in [0, 0.05) is 5.56 Å². The standard InChI is InChI=1S/C12H14N2O2/c1-3-8-14-11(12(15)16-2)9-6-4-5-7-10(9)13-14/h1H,4-8H2,2H3. The Kier molecular flexibility index (Phi) is 2.95. The van der Waals surface area contributed by atoms with Gasteiger partial charge >= 0.3 is 5.97 Å². The van der Waals surface area contributed by atoms with Gasteiger partial charge in [-0.1, -0.05) is 5.92 Å². The Balaban J connectivity index is 2.49. The highest BCUT2D eigenvalue weighted by molar-refractivity contribution is 5.89. The van der Waals surface area contributed by atoms with Crippen LogP contribution in [0.1, 0.15) is 34.6 Å². The lowest BCUT2D eigenvalue weighted by Crippen LogP contribution is -2.13. The molecule has 1 aromatic rings. The van der Waals surface area contributed by atoms with Crippen LogP contribution in [-0.2, 0) is 24.1 Å². The average molecular weight is 218 g/mol. The molecule has 0 saturated carbocycles. The van der Waals surface area contributed by atoms with Gasteiger partial charge in [-0.3, -0.25) is 0 Å². The van der Waals surface area contributed by atoms with Crippen molar-refractivity contribution >= 4 is 5.97 Å². The van der Waals surface area contributed by atoms with E-state index in [0.717, 1.165) is 36.9 Å². The van der Waals surface area contributed by atoms with Crippen LogP contribution in [0.5, 0.6) is 0 Å². The number of rotatable bonds is 2. The van der Waals surface area contributed by atoms with Crippen LogP contribution in [0.25, 0.3) is 0 Å². The van der Waals surface area contributed by atoms with E-state index < -0.39 is 0 Å². The van der Waals surface area contributed by atoms with E-state index >= 15 is 0 Å². The van der Waals surface area contributed by atoms with Crippen LogP contribution >= 0.6 is 0 Å². The van der Waals surface area contributed by atoms with Crippen LogP contribution in [0, 0.1) is 12.3 Å². The summed E-state index contributed by atoms with van der Waals surface area (Å²) in [6.45, 7) is 0.317. The topological polar surface area (TPSA) is 44.1 Å². The highest BCUT2D eigenvalue weighted by Gasteiger charge is 2.25. The maximum Gasteiger partial charge on any atom is 0.356 e. The quantitative estimate of drug-likeness (QED) is 0.553. The number of carbonyl (C=O) groups is 1. The van der Waals surface area contributed by atoms with Gasteiger partial charge in [-0.15, -0.1) is 6.42 Å². The molecule has 1 heterocycles. The van der Waals surface area contributed by atoms with Crippen molar-refractivity contribution in [1.82, 2.24) is 9.78 Å². The maximum absolute atomic E-state index is 11.7. The minimum Gasteiger partial charge on any atom is -0.464 e. The van der Waals surface area contributed by atoms with Gasteiger partial charge in [-0.05, 0) is 25.7 Å². The summed E-state index contributed by atoms with van der Waals surface area (Å²) in [5.74, 6) is 2.16. The van der Waals surface area contributed by atoms with Gasteiger partial charge < -0.3 is 4.74 Å². The van der Waals surface area contributed by atoms with Gasteiger partial charge in [0.15, 0.2) is 5.69 Å². The molecule has 0 amide bonds. The van der Waals surface area contributed by atoms with Crippen molar-refractivity contribution in [1.29, 1.82) is 0 Å². The molecule has 1 aliphatic carbocycles. The number of carbonyl (C=O) groups excluding carboxylic acids is 1. The number of nitrogens with zero attached hydrogens (tertiary/aromatic N) is 2. The fourth-order valence-corrected chi connectivity index (χ4v) is 2.13.